The average Bonchev–Trinajstić information content (AvgIpc) is 3.38. The molecule has 3 nitrogen and oxygen atoms in total. The maximum absolute atomic E-state index is 12.1. The second-order valence-electron chi connectivity index (χ2n) is 7.03. The van der Waals surface area contributed by atoms with Crippen LogP contribution in [0.1, 0.15) is 30.6 Å². The van der Waals surface area contributed by atoms with Gasteiger partial charge in [-0.1, -0.05) is 28.1 Å². The normalized spacial score (nSPS) is 18.5. The summed E-state index contributed by atoms with van der Waals surface area (Å²) in [5.74, 6) is 0.752. The van der Waals surface area contributed by atoms with Gasteiger partial charge in [0.15, 0.2) is 0 Å². The minimum atomic E-state index is 0.354. The van der Waals surface area contributed by atoms with Gasteiger partial charge in [-0.05, 0) is 55.5 Å². The maximum atomic E-state index is 12.1. The molecule has 1 aromatic heterocycles. The monoisotopic (exact) mass is 418 g/mol. The molecular formula is C20H23BrN2OS. The number of halogens is 1. The topological polar surface area (TPSA) is 32.3 Å². The van der Waals surface area contributed by atoms with E-state index in [1.54, 1.807) is 0 Å². The Morgan fingerprint density at radius 3 is 2.68 bits per heavy atom. The van der Waals surface area contributed by atoms with Gasteiger partial charge in [0.1, 0.15) is 0 Å². The number of hydrogen-bond donors (Lipinski definition) is 1. The predicted molar refractivity (Wildman–Crippen MR) is 107 cm³/mol. The molecule has 0 unspecified atom stereocenters. The molecule has 1 aliphatic heterocycles. The Bertz CT molecular complexity index is 748. The van der Waals surface area contributed by atoms with E-state index in [0.717, 1.165) is 49.8 Å². The van der Waals surface area contributed by atoms with Crippen molar-refractivity contribution in [2.75, 3.05) is 13.1 Å². The highest BCUT2D eigenvalue weighted by molar-refractivity contribution is 9.10. The summed E-state index contributed by atoms with van der Waals surface area (Å²) < 4.78 is 1.12. The summed E-state index contributed by atoms with van der Waals surface area (Å²) in [6.45, 7) is 2.75. The van der Waals surface area contributed by atoms with Gasteiger partial charge >= 0.3 is 0 Å². The lowest BCUT2D eigenvalue weighted by atomic mass is 10.0. The number of carbonyl (C=O) groups excluding carboxylic acids is 1. The standard InChI is InChI=1S/C20H23BrN2OS/c21-16-3-1-2-15(12-16)19-7-6-18(25-19)13-22-17-8-10-23(11-9-17)20(24)14-4-5-14/h1-3,6-7,12,14,17,22H,4-5,8-11,13H2. The van der Waals surface area contributed by atoms with E-state index in [4.69, 9.17) is 0 Å². The van der Waals surface area contributed by atoms with Crippen LogP contribution in [0.25, 0.3) is 10.4 Å². The number of piperidine rings is 1. The van der Waals surface area contributed by atoms with Crippen molar-refractivity contribution in [1.29, 1.82) is 0 Å². The summed E-state index contributed by atoms with van der Waals surface area (Å²) >= 11 is 5.39. The molecule has 0 bridgehead atoms. The van der Waals surface area contributed by atoms with Crippen molar-refractivity contribution >= 4 is 33.2 Å². The van der Waals surface area contributed by atoms with Crippen molar-refractivity contribution in [2.45, 2.75) is 38.3 Å². The molecule has 5 heteroatoms. The molecular weight excluding hydrogens is 396 g/mol. The third-order valence-electron chi connectivity index (χ3n) is 5.07. The molecule has 1 N–H and O–H groups in total. The van der Waals surface area contributed by atoms with Gasteiger partial charge in [0.2, 0.25) is 5.91 Å². The van der Waals surface area contributed by atoms with E-state index in [-0.39, 0.29) is 0 Å². The van der Waals surface area contributed by atoms with Crippen molar-refractivity contribution in [2.24, 2.45) is 5.92 Å². The minimum absolute atomic E-state index is 0.354. The lowest BCUT2D eigenvalue weighted by Crippen LogP contribution is -2.45. The van der Waals surface area contributed by atoms with Gasteiger partial charge in [0, 0.05) is 45.8 Å². The zero-order chi connectivity index (χ0) is 17.2. The Labute approximate surface area is 161 Å². The van der Waals surface area contributed by atoms with E-state index < -0.39 is 0 Å². The van der Waals surface area contributed by atoms with Crippen molar-refractivity contribution in [3.8, 4) is 10.4 Å². The molecule has 1 saturated carbocycles. The van der Waals surface area contributed by atoms with E-state index in [1.807, 2.05) is 11.3 Å². The van der Waals surface area contributed by atoms with Gasteiger partial charge in [0.25, 0.3) is 0 Å². The lowest BCUT2D eigenvalue weighted by molar-refractivity contribution is -0.133. The van der Waals surface area contributed by atoms with Gasteiger partial charge in [0.05, 0.1) is 0 Å². The Kier molecular flexibility index (Phi) is 5.25. The Morgan fingerprint density at radius 2 is 1.96 bits per heavy atom. The molecule has 1 aliphatic carbocycles. The molecule has 0 spiro atoms. The number of amides is 1. The van der Waals surface area contributed by atoms with E-state index in [0.29, 0.717) is 17.9 Å². The molecule has 1 saturated heterocycles. The van der Waals surface area contributed by atoms with Crippen LogP contribution >= 0.6 is 27.3 Å². The van der Waals surface area contributed by atoms with Crippen molar-refractivity contribution in [3.63, 3.8) is 0 Å². The summed E-state index contributed by atoms with van der Waals surface area (Å²) in [6, 6.07) is 13.4. The SMILES string of the molecule is O=C(C1CC1)N1CCC(NCc2ccc(-c3cccc(Br)c3)s2)CC1. The van der Waals surface area contributed by atoms with Gasteiger partial charge in [-0.3, -0.25) is 4.79 Å². The first-order chi connectivity index (χ1) is 12.2. The zero-order valence-electron chi connectivity index (χ0n) is 14.2. The van der Waals surface area contributed by atoms with E-state index in [1.165, 1.54) is 15.3 Å². The van der Waals surface area contributed by atoms with Crippen molar-refractivity contribution in [3.05, 3.63) is 45.7 Å². The number of thiophene rings is 1. The number of carbonyl (C=O) groups is 1. The maximum Gasteiger partial charge on any atom is 0.225 e. The molecule has 2 fully saturated rings. The Morgan fingerprint density at radius 1 is 1.16 bits per heavy atom. The smallest absolute Gasteiger partial charge is 0.225 e. The van der Waals surface area contributed by atoms with Gasteiger partial charge in [-0.2, -0.15) is 0 Å². The van der Waals surface area contributed by atoms with Gasteiger partial charge in [-0.25, -0.2) is 0 Å². The summed E-state index contributed by atoms with van der Waals surface area (Å²) in [5, 5.41) is 3.68. The molecule has 0 radical (unpaired) electrons. The van der Waals surface area contributed by atoms with Crippen LogP contribution in [0.5, 0.6) is 0 Å². The highest BCUT2D eigenvalue weighted by Crippen LogP contribution is 2.32. The van der Waals surface area contributed by atoms with Crippen LogP contribution in [0, 0.1) is 5.92 Å². The Hall–Kier alpha value is -1.17. The fraction of sp³-hybridized carbons (Fsp3) is 0.450. The molecule has 0 atom stereocenters. The number of nitrogens with one attached hydrogen (secondary N) is 1. The molecule has 1 aromatic carbocycles. The first-order valence-corrected chi connectivity index (χ1v) is 10.7. The summed E-state index contributed by atoms with van der Waals surface area (Å²) in [6.07, 6.45) is 4.36. The van der Waals surface area contributed by atoms with E-state index in [2.05, 4.69) is 62.5 Å². The van der Waals surface area contributed by atoms with Crippen LogP contribution in [-0.4, -0.2) is 29.9 Å². The molecule has 2 aliphatic rings. The molecule has 25 heavy (non-hydrogen) atoms. The third kappa shape index (κ3) is 4.33. The fourth-order valence-electron chi connectivity index (χ4n) is 3.41. The number of hydrogen-bond acceptors (Lipinski definition) is 3. The molecule has 132 valence electrons. The molecule has 1 amide bonds. The molecule has 4 rings (SSSR count). The van der Waals surface area contributed by atoms with Crippen molar-refractivity contribution in [1.82, 2.24) is 10.2 Å². The third-order valence-corrected chi connectivity index (χ3v) is 6.70. The first-order valence-electron chi connectivity index (χ1n) is 9.06. The highest BCUT2D eigenvalue weighted by Gasteiger charge is 2.34. The van der Waals surface area contributed by atoms with Crippen LogP contribution in [-0.2, 0) is 11.3 Å². The number of nitrogens with zero attached hydrogens (tertiary/aromatic N) is 1. The van der Waals surface area contributed by atoms with Crippen LogP contribution in [0.3, 0.4) is 0 Å². The average molecular weight is 419 g/mol. The largest absolute Gasteiger partial charge is 0.342 e. The minimum Gasteiger partial charge on any atom is -0.342 e. The number of benzene rings is 1. The summed E-state index contributed by atoms with van der Waals surface area (Å²) in [5.41, 5.74) is 1.26. The second kappa shape index (κ2) is 7.60. The molecule has 2 aromatic rings. The number of likely N-dealkylation sites (tertiary alicyclic amines) is 1. The van der Waals surface area contributed by atoms with Crippen LogP contribution in [0.15, 0.2) is 40.9 Å². The predicted octanol–water partition coefficient (Wildman–Crippen LogP) is 4.67. The van der Waals surface area contributed by atoms with E-state index in [9.17, 15) is 4.79 Å². The highest BCUT2D eigenvalue weighted by atomic mass is 79.9. The van der Waals surface area contributed by atoms with Crippen LogP contribution in [0.2, 0.25) is 0 Å². The Balaban J connectivity index is 1.27. The van der Waals surface area contributed by atoms with Gasteiger partial charge < -0.3 is 10.2 Å². The van der Waals surface area contributed by atoms with E-state index >= 15 is 0 Å². The first kappa shape index (κ1) is 17.3. The quantitative estimate of drug-likeness (QED) is 0.764. The summed E-state index contributed by atoms with van der Waals surface area (Å²) in [4.78, 5) is 16.9. The number of rotatable bonds is 5. The van der Waals surface area contributed by atoms with Crippen molar-refractivity contribution < 1.29 is 4.79 Å². The van der Waals surface area contributed by atoms with Crippen LogP contribution in [0.4, 0.5) is 0 Å². The summed E-state index contributed by atoms with van der Waals surface area (Å²) in [7, 11) is 0. The fourth-order valence-corrected chi connectivity index (χ4v) is 4.76. The lowest BCUT2D eigenvalue weighted by Gasteiger charge is -2.32. The second-order valence-corrected chi connectivity index (χ2v) is 9.12. The zero-order valence-corrected chi connectivity index (χ0v) is 16.6. The van der Waals surface area contributed by atoms with Crippen LogP contribution < -0.4 is 5.32 Å². The van der Waals surface area contributed by atoms with Gasteiger partial charge in [-0.15, -0.1) is 11.3 Å². The molecule has 2 heterocycles.